The van der Waals surface area contributed by atoms with Crippen LogP contribution in [0.2, 0.25) is 0 Å². The standard InChI is InChI=1S/C12H18N4OS/c1-8(2)13-6-4-5-10-15-16-12(17-10)11-9(3)14-7-18-11/h7-8,13H,4-6H2,1-3H3. The second kappa shape index (κ2) is 6.06. The van der Waals surface area contributed by atoms with Gasteiger partial charge in [-0.05, 0) is 19.9 Å². The Labute approximate surface area is 111 Å². The van der Waals surface area contributed by atoms with Gasteiger partial charge in [-0.3, -0.25) is 0 Å². The zero-order chi connectivity index (χ0) is 13.0. The molecule has 0 aliphatic heterocycles. The maximum Gasteiger partial charge on any atom is 0.259 e. The van der Waals surface area contributed by atoms with E-state index in [9.17, 15) is 0 Å². The monoisotopic (exact) mass is 266 g/mol. The largest absolute Gasteiger partial charge is 0.420 e. The average Bonchev–Trinajstić information content (AvgIpc) is 2.92. The Hall–Kier alpha value is -1.27. The van der Waals surface area contributed by atoms with E-state index in [1.807, 2.05) is 6.92 Å². The van der Waals surface area contributed by atoms with Crippen LogP contribution in [-0.2, 0) is 6.42 Å². The quantitative estimate of drug-likeness (QED) is 0.814. The SMILES string of the molecule is Cc1ncsc1-c1nnc(CCCNC(C)C)o1. The molecule has 0 fully saturated rings. The maximum absolute atomic E-state index is 5.64. The van der Waals surface area contributed by atoms with Crippen LogP contribution in [0.4, 0.5) is 0 Å². The fourth-order valence-corrected chi connectivity index (χ4v) is 2.31. The normalized spacial score (nSPS) is 11.3. The average molecular weight is 266 g/mol. The molecule has 2 rings (SSSR count). The third-order valence-electron chi connectivity index (χ3n) is 2.53. The van der Waals surface area contributed by atoms with Gasteiger partial charge in [0.05, 0.1) is 11.2 Å². The highest BCUT2D eigenvalue weighted by Gasteiger charge is 2.12. The molecular weight excluding hydrogens is 248 g/mol. The summed E-state index contributed by atoms with van der Waals surface area (Å²) in [5.74, 6) is 1.28. The van der Waals surface area contributed by atoms with E-state index in [4.69, 9.17) is 4.42 Å². The van der Waals surface area contributed by atoms with Crippen LogP contribution >= 0.6 is 11.3 Å². The highest BCUT2D eigenvalue weighted by molar-refractivity contribution is 7.13. The topological polar surface area (TPSA) is 63.8 Å². The van der Waals surface area contributed by atoms with Crippen molar-refractivity contribution in [1.29, 1.82) is 0 Å². The van der Waals surface area contributed by atoms with Crippen LogP contribution < -0.4 is 5.32 Å². The fraction of sp³-hybridized carbons (Fsp3) is 0.583. The summed E-state index contributed by atoms with van der Waals surface area (Å²) in [5.41, 5.74) is 2.73. The number of aryl methyl sites for hydroxylation is 2. The molecule has 0 atom stereocenters. The van der Waals surface area contributed by atoms with Crippen LogP contribution in [0.1, 0.15) is 31.9 Å². The number of hydrogen-bond acceptors (Lipinski definition) is 6. The van der Waals surface area contributed by atoms with Crippen molar-refractivity contribution in [3.63, 3.8) is 0 Å². The van der Waals surface area contributed by atoms with Crippen molar-refractivity contribution in [2.45, 2.75) is 39.7 Å². The second-order valence-corrected chi connectivity index (χ2v) is 5.33. The number of thiazole rings is 1. The van der Waals surface area contributed by atoms with Crippen molar-refractivity contribution in [3.05, 3.63) is 17.1 Å². The molecule has 5 nitrogen and oxygen atoms in total. The van der Waals surface area contributed by atoms with Crippen molar-refractivity contribution in [2.24, 2.45) is 0 Å². The van der Waals surface area contributed by atoms with Gasteiger partial charge in [0.15, 0.2) is 0 Å². The predicted octanol–water partition coefficient (Wildman–Crippen LogP) is 2.43. The Bertz CT molecular complexity index is 492. The zero-order valence-electron chi connectivity index (χ0n) is 10.9. The van der Waals surface area contributed by atoms with Gasteiger partial charge >= 0.3 is 0 Å². The highest BCUT2D eigenvalue weighted by Crippen LogP contribution is 2.25. The summed E-state index contributed by atoms with van der Waals surface area (Å²) in [5, 5.41) is 11.5. The molecule has 0 aromatic carbocycles. The lowest BCUT2D eigenvalue weighted by molar-refractivity contribution is 0.484. The van der Waals surface area contributed by atoms with E-state index in [1.165, 1.54) is 11.3 Å². The molecule has 6 heteroatoms. The molecule has 1 N–H and O–H groups in total. The van der Waals surface area contributed by atoms with Gasteiger partial charge in [0.2, 0.25) is 5.89 Å². The molecule has 18 heavy (non-hydrogen) atoms. The predicted molar refractivity (Wildman–Crippen MR) is 71.6 cm³/mol. The summed E-state index contributed by atoms with van der Waals surface area (Å²) < 4.78 is 5.64. The summed E-state index contributed by atoms with van der Waals surface area (Å²) in [7, 11) is 0. The van der Waals surface area contributed by atoms with Gasteiger partial charge in [0.25, 0.3) is 5.89 Å². The first-order valence-electron chi connectivity index (χ1n) is 6.13. The maximum atomic E-state index is 5.64. The number of nitrogens with one attached hydrogen (secondary N) is 1. The molecule has 0 radical (unpaired) electrons. The van der Waals surface area contributed by atoms with Gasteiger partial charge in [-0.1, -0.05) is 13.8 Å². The number of hydrogen-bond donors (Lipinski definition) is 1. The van der Waals surface area contributed by atoms with Gasteiger partial charge in [0.1, 0.15) is 4.88 Å². The number of nitrogens with zero attached hydrogens (tertiary/aromatic N) is 3. The molecule has 2 aromatic rings. The summed E-state index contributed by atoms with van der Waals surface area (Å²) in [6.45, 7) is 7.19. The van der Waals surface area contributed by atoms with Crippen LogP contribution in [0, 0.1) is 6.92 Å². The van der Waals surface area contributed by atoms with E-state index in [1.54, 1.807) is 5.51 Å². The van der Waals surface area contributed by atoms with Gasteiger partial charge in [-0.15, -0.1) is 21.5 Å². The van der Waals surface area contributed by atoms with Crippen molar-refractivity contribution in [1.82, 2.24) is 20.5 Å². The fourth-order valence-electron chi connectivity index (χ4n) is 1.58. The minimum atomic E-state index is 0.517. The molecule has 0 bridgehead atoms. The van der Waals surface area contributed by atoms with Crippen molar-refractivity contribution < 1.29 is 4.42 Å². The molecule has 0 aliphatic rings. The highest BCUT2D eigenvalue weighted by atomic mass is 32.1. The lowest BCUT2D eigenvalue weighted by Gasteiger charge is -2.05. The Kier molecular flexibility index (Phi) is 4.43. The lowest BCUT2D eigenvalue weighted by Crippen LogP contribution is -2.23. The zero-order valence-corrected chi connectivity index (χ0v) is 11.8. The third kappa shape index (κ3) is 3.36. The van der Waals surface area contributed by atoms with E-state index in [0.717, 1.165) is 30.0 Å². The van der Waals surface area contributed by atoms with Crippen LogP contribution in [0.25, 0.3) is 10.8 Å². The van der Waals surface area contributed by atoms with Crippen LogP contribution in [0.5, 0.6) is 0 Å². The van der Waals surface area contributed by atoms with Crippen molar-refractivity contribution in [2.75, 3.05) is 6.54 Å². The van der Waals surface area contributed by atoms with Gasteiger partial charge < -0.3 is 9.73 Å². The van der Waals surface area contributed by atoms with Gasteiger partial charge in [-0.2, -0.15) is 0 Å². The van der Waals surface area contributed by atoms with Crippen LogP contribution in [0.15, 0.2) is 9.93 Å². The number of rotatable bonds is 6. The van der Waals surface area contributed by atoms with E-state index in [2.05, 4.69) is 34.3 Å². The third-order valence-corrected chi connectivity index (χ3v) is 3.44. The molecule has 0 saturated heterocycles. The van der Waals surface area contributed by atoms with E-state index in [0.29, 0.717) is 17.8 Å². The smallest absolute Gasteiger partial charge is 0.259 e. The molecule has 0 saturated carbocycles. The summed E-state index contributed by atoms with van der Waals surface area (Å²) in [4.78, 5) is 5.14. The molecule has 0 aliphatic carbocycles. The summed E-state index contributed by atoms with van der Waals surface area (Å²) in [6, 6.07) is 0.517. The number of aromatic nitrogens is 3. The van der Waals surface area contributed by atoms with E-state index in [-0.39, 0.29) is 0 Å². The van der Waals surface area contributed by atoms with E-state index >= 15 is 0 Å². The summed E-state index contributed by atoms with van der Waals surface area (Å²) >= 11 is 1.53. The Morgan fingerprint density at radius 2 is 2.22 bits per heavy atom. The molecule has 0 unspecified atom stereocenters. The molecule has 2 heterocycles. The molecule has 0 spiro atoms. The first kappa shape index (κ1) is 13.2. The van der Waals surface area contributed by atoms with E-state index < -0.39 is 0 Å². The van der Waals surface area contributed by atoms with Crippen molar-refractivity contribution in [3.8, 4) is 10.8 Å². The Morgan fingerprint density at radius 3 is 2.89 bits per heavy atom. The summed E-state index contributed by atoms with van der Waals surface area (Å²) in [6.07, 6.45) is 1.81. The first-order chi connectivity index (χ1) is 8.66. The minimum absolute atomic E-state index is 0.517. The Morgan fingerprint density at radius 1 is 1.39 bits per heavy atom. The molecule has 0 amide bonds. The van der Waals surface area contributed by atoms with Crippen molar-refractivity contribution >= 4 is 11.3 Å². The molecular formula is C12H18N4OS. The first-order valence-corrected chi connectivity index (χ1v) is 7.01. The Balaban J connectivity index is 1.89. The molecule has 2 aromatic heterocycles. The van der Waals surface area contributed by atoms with Crippen LogP contribution in [-0.4, -0.2) is 27.8 Å². The van der Waals surface area contributed by atoms with Gasteiger partial charge in [-0.25, -0.2) is 4.98 Å². The van der Waals surface area contributed by atoms with Gasteiger partial charge in [0, 0.05) is 12.5 Å². The second-order valence-electron chi connectivity index (χ2n) is 4.48. The molecule has 98 valence electrons. The van der Waals surface area contributed by atoms with Crippen LogP contribution in [0.3, 0.4) is 0 Å². The lowest BCUT2D eigenvalue weighted by atomic mass is 10.3. The minimum Gasteiger partial charge on any atom is -0.420 e.